The standard InChI is InChI=1S/C19H15BrN4O2/c20-17-9-5-4-8-16(17)19(26)23-22-18(25)11-10-14-12-21-24(13-14)15-6-2-1-3-7-15/h1-13H,(H,22,25)(H,23,26)/b11-10+. The van der Waals surface area contributed by atoms with Crippen molar-refractivity contribution in [3.05, 3.63) is 88.7 Å². The van der Waals surface area contributed by atoms with Crippen LogP contribution >= 0.6 is 15.9 Å². The number of benzene rings is 2. The quantitative estimate of drug-likeness (QED) is 0.512. The summed E-state index contributed by atoms with van der Waals surface area (Å²) in [5.41, 5.74) is 6.83. The summed E-state index contributed by atoms with van der Waals surface area (Å²) in [6, 6.07) is 16.6. The second kappa shape index (κ2) is 8.26. The van der Waals surface area contributed by atoms with Gasteiger partial charge in [-0.05, 0) is 46.3 Å². The maximum Gasteiger partial charge on any atom is 0.270 e. The van der Waals surface area contributed by atoms with E-state index in [0.29, 0.717) is 10.0 Å². The van der Waals surface area contributed by atoms with E-state index < -0.39 is 11.8 Å². The lowest BCUT2D eigenvalue weighted by atomic mass is 10.2. The lowest BCUT2D eigenvalue weighted by Crippen LogP contribution is -2.40. The van der Waals surface area contributed by atoms with Crippen LogP contribution in [0.5, 0.6) is 0 Å². The Morgan fingerprint density at radius 2 is 1.73 bits per heavy atom. The molecule has 2 N–H and O–H groups in total. The van der Waals surface area contributed by atoms with Gasteiger partial charge in [0.25, 0.3) is 11.8 Å². The molecule has 0 unspecified atom stereocenters. The number of aromatic nitrogens is 2. The third-order valence-electron chi connectivity index (χ3n) is 3.47. The summed E-state index contributed by atoms with van der Waals surface area (Å²) in [5.74, 6) is -0.853. The van der Waals surface area contributed by atoms with Crippen LogP contribution < -0.4 is 10.9 Å². The maximum absolute atomic E-state index is 12.0. The van der Waals surface area contributed by atoms with E-state index in [0.717, 1.165) is 11.3 Å². The summed E-state index contributed by atoms with van der Waals surface area (Å²) >= 11 is 3.29. The zero-order chi connectivity index (χ0) is 18.4. The Bertz CT molecular complexity index is 951. The van der Waals surface area contributed by atoms with Gasteiger partial charge >= 0.3 is 0 Å². The van der Waals surface area contributed by atoms with E-state index in [1.807, 2.05) is 30.3 Å². The van der Waals surface area contributed by atoms with E-state index >= 15 is 0 Å². The van der Waals surface area contributed by atoms with Crippen molar-refractivity contribution in [2.45, 2.75) is 0 Å². The summed E-state index contributed by atoms with van der Waals surface area (Å²) in [5, 5.41) is 4.25. The lowest BCUT2D eigenvalue weighted by Gasteiger charge is -2.06. The Morgan fingerprint density at radius 1 is 1.00 bits per heavy atom. The van der Waals surface area contributed by atoms with E-state index in [1.165, 1.54) is 6.08 Å². The van der Waals surface area contributed by atoms with Gasteiger partial charge in [0.05, 0.1) is 17.4 Å². The molecule has 0 bridgehead atoms. The molecule has 1 heterocycles. The first-order chi connectivity index (χ1) is 12.6. The number of carbonyl (C=O) groups is 2. The minimum absolute atomic E-state index is 0.406. The second-order valence-electron chi connectivity index (χ2n) is 5.31. The number of para-hydroxylation sites is 1. The lowest BCUT2D eigenvalue weighted by molar-refractivity contribution is -0.117. The van der Waals surface area contributed by atoms with Crippen molar-refractivity contribution < 1.29 is 9.59 Å². The van der Waals surface area contributed by atoms with E-state index in [1.54, 1.807) is 47.4 Å². The summed E-state index contributed by atoms with van der Waals surface area (Å²) < 4.78 is 2.36. The number of nitrogens with zero attached hydrogens (tertiary/aromatic N) is 2. The Morgan fingerprint density at radius 3 is 2.50 bits per heavy atom. The van der Waals surface area contributed by atoms with Crippen molar-refractivity contribution in [1.29, 1.82) is 0 Å². The minimum Gasteiger partial charge on any atom is -0.268 e. The number of nitrogens with one attached hydrogen (secondary N) is 2. The molecule has 2 aromatic carbocycles. The van der Waals surface area contributed by atoms with Gasteiger partial charge in [-0.3, -0.25) is 20.4 Å². The number of hydrogen-bond acceptors (Lipinski definition) is 3. The third kappa shape index (κ3) is 4.46. The molecule has 0 fully saturated rings. The van der Waals surface area contributed by atoms with Crippen molar-refractivity contribution in [1.82, 2.24) is 20.6 Å². The first-order valence-corrected chi connectivity index (χ1v) is 8.56. The van der Waals surface area contributed by atoms with Crippen LogP contribution in [0.2, 0.25) is 0 Å². The van der Waals surface area contributed by atoms with Crippen LogP contribution in [-0.4, -0.2) is 21.6 Å². The molecule has 0 atom stereocenters. The van der Waals surface area contributed by atoms with Gasteiger partial charge in [-0.15, -0.1) is 0 Å². The van der Waals surface area contributed by atoms with Crippen molar-refractivity contribution in [3.8, 4) is 5.69 Å². The summed E-state index contributed by atoms with van der Waals surface area (Å²) in [7, 11) is 0. The fourth-order valence-corrected chi connectivity index (χ4v) is 2.65. The van der Waals surface area contributed by atoms with Crippen molar-refractivity contribution >= 4 is 33.8 Å². The van der Waals surface area contributed by atoms with Crippen LogP contribution in [0.3, 0.4) is 0 Å². The van der Waals surface area contributed by atoms with E-state index in [9.17, 15) is 9.59 Å². The number of rotatable bonds is 4. The zero-order valence-corrected chi connectivity index (χ0v) is 15.2. The number of halogens is 1. The van der Waals surface area contributed by atoms with Gasteiger partial charge in [-0.1, -0.05) is 30.3 Å². The fraction of sp³-hybridized carbons (Fsp3) is 0. The molecule has 0 spiro atoms. The molecule has 0 aliphatic rings. The van der Waals surface area contributed by atoms with Gasteiger partial charge in [0.2, 0.25) is 0 Å². The Kier molecular flexibility index (Phi) is 5.60. The van der Waals surface area contributed by atoms with Crippen molar-refractivity contribution in [3.63, 3.8) is 0 Å². The molecule has 0 saturated heterocycles. The summed E-state index contributed by atoms with van der Waals surface area (Å²) in [4.78, 5) is 23.9. The van der Waals surface area contributed by atoms with Crippen molar-refractivity contribution in [2.24, 2.45) is 0 Å². The Balaban J connectivity index is 1.56. The maximum atomic E-state index is 12.0. The van der Waals surface area contributed by atoms with Crippen LogP contribution in [0, 0.1) is 0 Å². The van der Waals surface area contributed by atoms with Gasteiger partial charge in [0.15, 0.2) is 0 Å². The highest BCUT2D eigenvalue weighted by Gasteiger charge is 2.09. The van der Waals surface area contributed by atoms with E-state index in [4.69, 9.17) is 0 Å². The molecule has 0 saturated carbocycles. The first kappa shape index (κ1) is 17.6. The molecule has 2 amide bonds. The second-order valence-corrected chi connectivity index (χ2v) is 6.16. The predicted molar refractivity (Wildman–Crippen MR) is 102 cm³/mol. The van der Waals surface area contributed by atoms with Crippen LogP contribution in [0.15, 0.2) is 77.5 Å². The topological polar surface area (TPSA) is 76.0 Å². The molecular weight excluding hydrogens is 396 g/mol. The monoisotopic (exact) mass is 410 g/mol. The Hall–Kier alpha value is -3.19. The molecule has 1 aromatic heterocycles. The molecule has 130 valence electrons. The normalized spacial score (nSPS) is 10.7. The Labute approximate surface area is 158 Å². The minimum atomic E-state index is -0.446. The summed E-state index contributed by atoms with van der Waals surface area (Å²) in [6.07, 6.45) is 6.40. The largest absolute Gasteiger partial charge is 0.270 e. The average Bonchev–Trinajstić information content (AvgIpc) is 3.14. The van der Waals surface area contributed by atoms with Gasteiger partial charge in [-0.25, -0.2) is 4.68 Å². The molecule has 26 heavy (non-hydrogen) atoms. The molecule has 7 heteroatoms. The van der Waals surface area contributed by atoms with Crippen LogP contribution in [-0.2, 0) is 4.79 Å². The van der Waals surface area contributed by atoms with Gasteiger partial charge in [0.1, 0.15) is 0 Å². The SMILES string of the molecule is O=C(/C=C/c1cnn(-c2ccccc2)c1)NNC(=O)c1ccccc1Br. The molecule has 6 nitrogen and oxygen atoms in total. The third-order valence-corrected chi connectivity index (χ3v) is 4.16. The number of carbonyl (C=O) groups excluding carboxylic acids is 2. The number of hydrogen-bond donors (Lipinski definition) is 2. The molecule has 3 rings (SSSR count). The van der Waals surface area contributed by atoms with Crippen LogP contribution in [0.1, 0.15) is 15.9 Å². The van der Waals surface area contributed by atoms with E-state index in [2.05, 4.69) is 31.9 Å². The average molecular weight is 411 g/mol. The highest BCUT2D eigenvalue weighted by Crippen LogP contribution is 2.15. The molecule has 0 aliphatic heterocycles. The smallest absolute Gasteiger partial charge is 0.268 e. The van der Waals surface area contributed by atoms with Crippen LogP contribution in [0.4, 0.5) is 0 Å². The van der Waals surface area contributed by atoms with Gasteiger partial charge in [-0.2, -0.15) is 5.10 Å². The summed E-state index contributed by atoms with van der Waals surface area (Å²) in [6.45, 7) is 0. The molecule has 0 radical (unpaired) electrons. The zero-order valence-electron chi connectivity index (χ0n) is 13.6. The van der Waals surface area contributed by atoms with E-state index in [-0.39, 0.29) is 0 Å². The highest BCUT2D eigenvalue weighted by molar-refractivity contribution is 9.10. The predicted octanol–water partition coefficient (Wildman–Crippen LogP) is 3.11. The van der Waals surface area contributed by atoms with Gasteiger partial charge in [0, 0.05) is 22.3 Å². The molecule has 0 aliphatic carbocycles. The highest BCUT2D eigenvalue weighted by atomic mass is 79.9. The van der Waals surface area contributed by atoms with Crippen molar-refractivity contribution in [2.75, 3.05) is 0 Å². The molecular formula is C19H15BrN4O2. The first-order valence-electron chi connectivity index (χ1n) is 7.76. The van der Waals surface area contributed by atoms with Gasteiger partial charge < -0.3 is 0 Å². The van der Waals surface area contributed by atoms with Crippen LogP contribution in [0.25, 0.3) is 11.8 Å². The fourth-order valence-electron chi connectivity index (χ4n) is 2.19. The number of hydrazine groups is 1. The molecule has 3 aromatic rings. The number of amides is 2.